The summed E-state index contributed by atoms with van der Waals surface area (Å²) >= 11 is 12.7. The molecule has 2 aliphatic heterocycles. The number of carbonyl (C=O) groups is 4. The lowest BCUT2D eigenvalue weighted by molar-refractivity contribution is -0.139. The van der Waals surface area contributed by atoms with E-state index in [4.69, 9.17) is 32.7 Å². The number of halogens is 2. The highest BCUT2D eigenvalue weighted by Gasteiger charge is 2.37. The van der Waals surface area contributed by atoms with E-state index in [2.05, 4.69) is 0 Å². The van der Waals surface area contributed by atoms with Gasteiger partial charge in [0.1, 0.15) is 12.3 Å². The third-order valence-electron chi connectivity index (χ3n) is 5.09. The van der Waals surface area contributed by atoms with Crippen molar-refractivity contribution >= 4 is 64.1 Å². The molecule has 0 radical (unpaired) electrons. The zero-order chi connectivity index (χ0) is 24.2. The Labute approximate surface area is 209 Å². The molecule has 34 heavy (non-hydrogen) atoms. The van der Waals surface area contributed by atoms with Crippen LogP contribution in [0.4, 0.5) is 4.79 Å². The van der Waals surface area contributed by atoms with Crippen molar-refractivity contribution in [1.82, 2.24) is 9.80 Å². The van der Waals surface area contributed by atoms with Crippen molar-refractivity contribution in [3.63, 3.8) is 0 Å². The van der Waals surface area contributed by atoms with Crippen LogP contribution in [0.2, 0.25) is 10.0 Å². The maximum Gasteiger partial charge on any atom is 0.345 e. The number of thioether (sulfide) groups is 1. The van der Waals surface area contributed by atoms with Gasteiger partial charge < -0.3 is 14.4 Å². The average Bonchev–Trinajstić information content (AvgIpc) is 3.08. The Morgan fingerprint density at radius 2 is 1.82 bits per heavy atom. The van der Waals surface area contributed by atoms with E-state index in [0.29, 0.717) is 36.9 Å². The minimum atomic E-state index is -0.702. The van der Waals surface area contributed by atoms with E-state index in [1.54, 1.807) is 29.2 Å². The summed E-state index contributed by atoms with van der Waals surface area (Å²) in [7, 11) is 0. The van der Waals surface area contributed by atoms with Crippen LogP contribution < -0.4 is 4.74 Å². The zero-order valence-corrected chi connectivity index (χ0v) is 20.0. The van der Waals surface area contributed by atoms with Crippen LogP contribution in [-0.4, -0.2) is 65.7 Å². The third-order valence-corrected chi connectivity index (χ3v) is 6.55. The van der Waals surface area contributed by atoms with Gasteiger partial charge in [0, 0.05) is 23.7 Å². The Morgan fingerprint density at radius 1 is 1.09 bits per heavy atom. The van der Waals surface area contributed by atoms with Gasteiger partial charge in [-0.25, -0.2) is 4.79 Å². The Balaban J connectivity index is 1.51. The molecule has 2 aliphatic rings. The van der Waals surface area contributed by atoms with E-state index in [-0.39, 0.29) is 33.7 Å². The van der Waals surface area contributed by atoms with Crippen molar-refractivity contribution in [2.45, 2.75) is 0 Å². The molecule has 0 atom stereocenters. The summed E-state index contributed by atoms with van der Waals surface area (Å²) < 4.78 is 10.7. The monoisotopic (exact) mass is 520 g/mol. The molecule has 0 saturated carbocycles. The topological polar surface area (TPSA) is 93.2 Å². The number of benzene rings is 2. The first kappa shape index (κ1) is 24.3. The van der Waals surface area contributed by atoms with E-state index in [9.17, 15) is 19.2 Å². The standard InChI is InChI=1S/C23H18Cl2N2O6S/c24-15-5-6-16(17(25)12-15)22(30)33-18-4-2-1-3-14(18)11-19-21(29)27(23(31)34-19)13-20(28)26-7-9-32-10-8-26/h1-6,11-12H,7-10,13H2/b19-11-. The Morgan fingerprint density at radius 3 is 2.56 bits per heavy atom. The van der Waals surface area contributed by atoms with Gasteiger partial charge in [0.05, 0.1) is 28.7 Å². The number of amides is 3. The molecular weight excluding hydrogens is 503 g/mol. The summed E-state index contributed by atoms with van der Waals surface area (Å²) in [6.07, 6.45) is 1.45. The fourth-order valence-corrected chi connectivity index (χ4v) is 4.64. The SMILES string of the molecule is O=C(Oc1ccccc1/C=C1\SC(=O)N(CC(=O)N2CCOCC2)C1=O)c1ccc(Cl)cc1Cl. The maximum absolute atomic E-state index is 12.9. The second-order valence-corrected chi connectivity index (χ2v) is 9.15. The van der Waals surface area contributed by atoms with Crippen molar-refractivity contribution in [3.8, 4) is 5.75 Å². The van der Waals surface area contributed by atoms with Crippen LogP contribution in [0.3, 0.4) is 0 Å². The van der Waals surface area contributed by atoms with Crippen LogP contribution in [0.25, 0.3) is 6.08 Å². The first-order valence-corrected chi connectivity index (χ1v) is 11.8. The third kappa shape index (κ3) is 5.44. The lowest BCUT2D eigenvalue weighted by Crippen LogP contribution is -2.46. The normalized spacial score (nSPS) is 17.4. The van der Waals surface area contributed by atoms with Crippen LogP contribution in [0, 0.1) is 0 Å². The summed E-state index contributed by atoms with van der Waals surface area (Å²) in [4.78, 5) is 53.0. The maximum atomic E-state index is 12.9. The molecular formula is C23H18Cl2N2O6S. The predicted octanol–water partition coefficient (Wildman–Crippen LogP) is 4.11. The fraction of sp³-hybridized carbons (Fsp3) is 0.217. The highest BCUT2D eigenvalue weighted by atomic mass is 35.5. The van der Waals surface area contributed by atoms with Crippen molar-refractivity contribution in [1.29, 1.82) is 0 Å². The van der Waals surface area contributed by atoms with E-state index >= 15 is 0 Å². The minimum absolute atomic E-state index is 0.118. The first-order chi connectivity index (χ1) is 16.3. The lowest BCUT2D eigenvalue weighted by atomic mass is 10.1. The molecule has 0 aromatic heterocycles. The molecule has 2 saturated heterocycles. The molecule has 3 amide bonds. The van der Waals surface area contributed by atoms with Crippen LogP contribution in [0.15, 0.2) is 47.4 Å². The van der Waals surface area contributed by atoms with Gasteiger partial charge in [-0.05, 0) is 42.1 Å². The highest BCUT2D eigenvalue weighted by molar-refractivity contribution is 8.18. The molecule has 0 aliphatic carbocycles. The quantitative estimate of drug-likeness (QED) is 0.332. The number of hydrogen-bond acceptors (Lipinski definition) is 7. The Kier molecular flexibility index (Phi) is 7.57. The molecule has 11 heteroatoms. The minimum Gasteiger partial charge on any atom is -0.422 e. The summed E-state index contributed by atoms with van der Waals surface area (Å²) in [5.41, 5.74) is 0.536. The molecule has 176 valence electrons. The molecule has 2 fully saturated rings. The van der Waals surface area contributed by atoms with Gasteiger partial charge in [-0.1, -0.05) is 41.4 Å². The van der Waals surface area contributed by atoms with E-state index in [0.717, 1.165) is 16.7 Å². The summed E-state index contributed by atoms with van der Waals surface area (Å²) in [5.74, 6) is -1.43. The molecule has 8 nitrogen and oxygen atoms in total. The van der Waals surface area contributed by atoms with Crippen LogP contribution >= 0.6 is 35.0 Å². The largest absolute Gasteiger partial charge is 0.422 e. The number of para-hydroxylation sites is 1. The number of esters is 1. The number of hydrogen-bond donors (Lipinski definition) is 0. The van der Waals surface area contributed by atoms with Crippen LogP contribution in [-0.2, 0) is 14.3 Å². The molecule has 2 heterocycles. The fourth-order valence-electron chi connectivity index (χ4n) is 3.33. The van der Waals surface area contributed by atoms with Crippen molar-refractivity contribution in [2.75, 3.05) is 32.8 Å². The molecule has 2 aromatic carbocycles. The van der Waals surface area contributed by atoms with Gasteiger partial charge in [-0.3, -0.25) is 19.3 Å². The number of rotatable bonds is 5. The first-order valence-electron chi connectivity index (χ1n) is 10.2. The van der Waals surface area contributed by atoms with E-state index in [1.165, 1.54) is 24.3 Å². The molecule has 2 aromatic rings. The van der Waals surface area contributed by atoms with Crippen molar-refractivity contribution in [2.24, 2.45) is 0 Å². The second kappa shape index (κ2) is 10.6. The molecule has 0 bridgehead atoms. The Bertz CT molecular complexity index is 1200. The lowest BCUT2D eigenvalue weighted by Gasteiger charge is -2.28. The summed E-state index contributed by atoms with van der Waals surface area (Å²) in [6, 6.07) is 11.0. The molecule has 0 N–H and O–H groups in total. The average molecular weight is 521 g/mol. The zero-order valence-electron chi connectivity index (χ0n) is 17.7. The molecule has 0 spiro atoms. The Hall–Kier alpha value is -2.85. The van der Waals surface area contributed by atoms with Gasteiger partial charge in [-0.15, -0.1) is 0 Å². The number of ether oxygens (including phenoxy) is 2. The van der Waals surface area contributed by atoms with Crippen molar-refractivity contribution < 1.29 is 28.7 Å². The predicted molar refractivity (Wildman–Crippen MR) is 128 cm³/mol. The summed E-state index contributed by atoms with van der Waals surface area (Å²) in [6.45, 7) is 1.34. The summed E-state index contributed by atoms with van der Waals surface area (Å²) in [5, 5.41) is -0.0221. The van der Waals surface area contributed by atoms with Gasteiger partial charge in [0.2, 0.25) is 5.91 Å². The molecule has 0 unspecified atom stereocenters. The smallest absolute Gasteiger partial charge is 0.345 e. The number of morpholine rings is 1. The van der Waals surface area contributed by atoms with Gasteiger partial charge in [0.25, 0.3) is 11.1 Å². The van der Waals surface area contributed by atoms with Gasteiger partial charge >= 0.3 is 5.97 Å². The number of nitrogens with zero attached hydrogens (tertiary/aromatic N) is 2. The number of imide groups is 1. The van der Waals surface area contributed by atoms with Crippen LogP contribution in [0.5, 0.6) is 5.75 Å². The highest BCUT2D eigenvalue weighted by Crippen LogP contribution is 2.34. The van der Waals surface area contributed by atoms with E-state index < -0.39 is 17.1 Å². The second-order valence-electron chi connectivity index (χ2n) is 7.31. The van der Waals surface area contributed by atoms with E-state index in [1.807, 2.05) is 0 Å². The van der Waals surface area contributed by atoms with Gasteiger partial charge in [-0.2, -0.15) is 0 Å². The van der Waals surface area contributed by atoms with Gasteiger partial charge in [0.15, 0.2) is 0 Å². The van der Waals surface area contributed by atoms with Crippen molar-refractivity contribution in [3.05, 3.63) is 68.5 Å². The molecule has 4 rings (SSSR count). The number of carbonyl (C=O) groups excluding carboxylic acids is 4. The van der Waals surface area contributed by atoms with Crippen LogP contribution in [0.1, 0.15) is 15.9 Å².